The zero-order valence-electron chi connectivity index (χ0n) is 14.0. The highest BCUT2D eigenvalue weighted by Crippen LogP contribution is 2.29. The fraction of sp³-hybridized carbons (Fsp3) is 0.167. The van der Waals surface area contributed by atoms with Crippen molar-refractivity contribution >= 4 is 38.6 Å². The first-order chi connectivity index (χ1) is 12.7. The molecule has 0 aliphatic rings. The number of carbonyl (C=O) groups is 2. The summed E-state index contributed by atoms with van der Waals surface area (Å²) in [4.78, 5) is 28.0. The summed E-state index contributed by atoms with van der Waals surface area (Å²) < 4.78 is 43.3. The van der Waals surface area contributed by atoms with Crippen molar-refractivity contribution in [3.63, 3.8) is 0 Å². The van der Waals surface area contributed by atoms with E-state index in [-0.39, 0.29) is 5.56 Å². The first-order valence-electron chi connectivity index (χ1n) is 7.74. The van der Waals surface area contributed by atoms with Gasteiger partial charge < -0.3 is 4.74 Å². The molecule has 0 aliphatic heterocycles. The van der Waals surface area contributed by atoms with E-state index in [1.807, 2.05) is 25.1 Å². The highest BCUT2D eigenvalue weighted by molar-refractivity contribution is 7.22. The number of halogens is 3. The molecule has 0 radical (unpaired) electrons. The predicted molar refractivity (Wildman–Crippen MR) is 94.7 cm³/mol. The Morgan fingerprint density at radius 2 is 1.85 bits per heavy atom. The van der Waals surface area contributed by atoms with Gasteiger partial charge in [-0.15, -0.1) is 0 Å². The van der Waals surface area contributed by atoms with E-state index >= 15 is 0 Å². The van der Waals surface area contributed by atoms with Crippen molar-refractivity contribution in [3.05, 3.63) is 59.2 Å². The van der Waals surface area contributed by atoms with Gasteiger partial charge in [0.05, 0.1) is 21.3 Å². The van der Waals surface area contributed by atoms with Crippen LogP contribution in [0.2, 0.25) is 0 Å². The molecule has 27 heavy (non-hydrogen) atoms. The van der Waals surface area contributed by atoms with E-state index in [0.29, 0.717) is 5.13 Å². The summed E-state index contributed by atoms with van der Waals surface area (Å²) in [5.74, 6) is -1.48. The van der Waals surface area contributed by atoms with Gasteiger partial charge in [0, 0.05) is 0 Å². The van der Waals surface area contributed by atoms with E-state index in [4.69, 9.17) is 4.74 Å². The van der Waals surface area contributed by atoms with Crippen molar-refractivity contribution in [3.8, 4) is 0 Å². The van der Waals surface area contributed by atoms with Gasteiger partial charge in [0.15, 0.2) is 11.7 Å². The molecule has 1 heterocycles. The summed E-state index contributed by atoms with van der Waals surface area (Å²) in [6.45, 7) is 1.37. The third kappa shape index (κ3) is 4.62. The number of hydrogen-bond donors (Lipinski definition) is 1. The van der Waals surface area contributed by atoms with Gasteiger partial charge in [0.1, 0.15) is 0 Å². The number of aromatic nitrogens is 1. The average Bonchev–Trinajstić information content (AvgIpc) is 3.00. The molecule has 0 atom stereocenters. The number of ether oxygens (including phenoxy) is 1. The second-order valence-corrected chi connectivity index (χ2v) is 6.72. The Hall–Kier alpha value is -2.94. The number of thiazole rings is 1. The molecule has 1 amide bonds. The van der Waals surface area contributed by atoms with E-state index in [1.54, 1.807) is 0 Å². The van der Waals surface area contributed by atoms with Crippen LogP contribution in [0.15, 0.2) is 42.5 Å². The van der Waals surface area contributed by atoms with Crippen molar-refractivity contribution in [1.82, 2.24) is 4.98 Å². The molecule has 0 fully saturated rings. The first kappa shape index (κ1) is 18.8. The van der Waals surface area contributed by atoms with Crippen LogP contribution in [0.1, 0.15) is 21.5 Å². The number of nitrogens with one attached hydrogen (secondary N) is 1. The van der Waals surface area contributed by atoms with E-state index in [1.165, 1.54) is 11.3 Å². The number of benzene rings is 2. The minimum atomic E-state index is -4.49. The molecule has 0 unspecified atom stereocenters. The zero-order valence-corrected chi connectivity index (χ0v) is 14.8. The Morgan fingerprint density at radius 1 is 1.15 bits per heavy atom. The molecule has 3 aromatic rings. The lowest BCUT2D eigenvalue weighted by molar-refractivity contribution is -0.137. The molecule has 0 saturated carbocycles. The first-order valence-corrected chi connectivity index (χ1v) is 8.55. The number of nitrogens with zero attached hydrogens (tertiary/aromatic N) is 1. The zero-order chi connectivity index (χ0) is 19.6. The molecule has 3 rings (SSSR count). The molecule has 0 saturated heterocycles. The third-order valence-electron chi connectivity index (χ3n) is 3.57. The van der Waals surface area contributed by atoms with E-state index in [0.717, 1.165) is 40.0 Å². The van der Waals surface area contributed by atoms with Gasteiger partial charge in [0.25, 0.3) is 5.91 Å². The number of esters is 1. The largest absolute Gasteiger partial charge is 0.452 e. The van der Waals surface area contributed by atoms with Crippen molar-refractivity contribution in [2.45, 2.75) is 13.1 Å². The number of carbonyl (C=O) groups excluding carboxylic acids is 2. The lowest BCUT2D eigenvalue weighted by Gasteiger charge is -2.08. The molecule has 5 nitrogen and oxygen atoms in total. The van der Waals surface area contributed by atoms with Crippen molar-refractivity contribution in [2.75, 3.05) is 11.9 Å². The summed E-state index contributed by atoms with van der Waals surface area (Å²) in [6.07, 6.45) is -4.49. The average molecular weight is 394 g/mol. The van der Waals surface area contributed by atoms with Gasteiger partial charge >= 0.3 is 12.1 Å². The van der Waals surface area contributed by atoms with Gasteiger partial charge in [-0.05, 0) is 48.9 Å². The molecule has 140 valence electrons. The molecule has 1 aromatic heterocycles. The molecule has 1 N–H and O–H groups in total. The van der Waals surface area contributed by atoms with Crippen LogP contribution in [0.25, 0.3) is 10.2 Å². The van der Waals surface area contributed by atoms with Crippen LogP contribution >= 0.6 is 11.3 Å². The van der Waals surface area contributed by atoms with Gasteiger partial charge in [-0.3, -0.25) is 10.1 Å². The van der Waals surface area contributed by atoms with Gasteiger partial charge in [0.2, 0.25) is 0 Å². The van der Waals surface area contributed by atoms with Crippen LogP contribution in [-0.2, 0) is 15.7 Å². The van der Waals surface area contributed by atoms with E-state index in [9.17, 15) is 22.8 Å². The minimum absolute atomic E-state index is 0.0775. The Bertz CT molecular complexity index is 997. The minimum Gasteiger partial charge on any atom is -0.452 e. The highest BCUT2D eigenvalue weighted by Gasteiger charge is 2.30. The molecule has 0 aliphatic carbocycles. The predicted octanol–water partition coefficient (Wildman–Crippen LogP) is 4.42. The Morgan fingerprint density at radius 3 is 2.52 bits per heavy atom. The number of amides is 1. The van der Waals surface area contributed by atoms with Gasteiger partial charge in [-0.1, -0.05) is 17.4 Å². The number of anilines is 1. The van der Waals surface area contributed by atoms with Crippen molar-refractivity contribution in [2.24, 2.45) is 0 Å². The third-order valence-corrected chi connectivity index (χ3v) is 4.51. The van der Waals surface area contributed by atoms with Crippen molar-refractivity contribution < 1.29 is 27.5 Å². The maximum absolute atomic E-state index is 12.5. The topological polar surface area (TPSA) is 68.3 Å². The molecule has 9 heteroatoms. The lowest BCUT2D eigenvalue weighted by Crippen LogP contribution is -2.20. The maximum atomic E-state index is 12.5. The standard InChI is InChI=1S/C18H13F3N2O3S/c1-10-2-7-13-14(8-10)27-17(22-13)23-15(24)9-26-16(25)11-3-5-12(6-4-11)18(19,20)21/h2-8H,9H2,1H3,(H,22,23,24). The summed E-state index contributed by atoms with van der Waals surface area (Å²) in [5.41, 5.74) is 0.853. The van der Waals surface area contributed by atoms with Crippen LogP contribution in [0.3, 0.4) is 0 Å². The lowest BCUT2D eigenvalue weighted by atomic mass is 10.1. The fourth-order valence-electron chi connectivity index (χ4n) is 2.25. The molecular weight excluding hydrogens is 381 g/mol. The Balaban J connectivity index is 1.57. The molecule has 0 bridgehead atoms. The van der Waals surface area contributed by atoms with Crippen LogP contribution in [0.5, 0.6) is 0 Å². The Kier molecular flexibility index (Phi) is 5.13. The molecule has 2 aromatic carbocycles. The van der Waals surface area contributed by atoms with Crippen LogP contribution in [0, 0.1) is 6.92 Å². The number of rotatable bonds is 4. The van der Waals surface area contributed by atoms with E-state index in [2.05, 4.69) is 10.3 Å². The number of aryl methyl sites for hydroxylation is 1. The molecule has 0 spiro atoms. The summed E-state index contributed by atoms with van der Waals surface area (Å²) in [6, 6.07) is 9.23. The summed E-state index contributed by atoms with van der Waals surface area (Å²) >= 11 is 1.28. The highest BCUT2D eigenvalue weighted by atomic mass is 32.1. The second-order valence-electron chi connectivity index (χ2n) is 5.69. The van der Waals surface area contributed by atoms with Crippen molar-refractivity contribution in [1.29, 1.82) is 0 Å². The number of fused-ring (bicyclic) bond motifs is 1. The quantitative estimate of drug-likeness (QED) is 0.665. The Labute approximate surface area is 155 Å². The molecular formula is C18H13F3N2O3S. The van der Waals surface area contributed by atoms with Crippen LogP contribution in [-0.4, -0.2) is 23.5 Å². The van der Waals surface area contributed by atoms with Gasteiger partial charge in [-0.25, -0.2) is 9.78 Å². The fourth-order valence-corrected chi connectivity index (χ4v) is 3.23. The monoisotopic (exact) mass is 394 g/mol. The summed E-state index contributed by atoms with van der Waals surface area (Å²) in [5, 5.41) is 2.90. The SMILES string of the molecule is Cc1ccc2nc(NC(=O)COC(=O)c3ccc(C(F)(F)F)cc3)sc2c1. The maximum Gasteiger partial charge on any atom is 0.416 e. The van der Waals surface area contributed by atoms with Crippen LogP contribution in [0.4, 0.5) is 18.3 Å². The normalized spacial score (nSPS) is 11.4. The second kappa shape index (κ2) is 7.36. The number of alkyl halides is 3. The number of hydrogen-bond acceptors (Lipinski definition) is 5. The summed E-state index contributed by atoms with van der Waals surface area (Å²) in [7, 11) is 0. The van der Waals surface area contributed by atoms with E-state index < -0.39 is 30.2 Å². The smallest absolute Gasteiger partial charge is 0.416 e. The van der Waals surface area contributed by atoms with Gasteiger partial charge in [-0.2, -0.15) is 13.2 Å². The van der Waals surface area contributed by atoms with Crippen LogP contribution < -0.4 is 5.32 Å².